The third-order valence-corrected chi connectivity index (χ3v) is 4.24. The van der Waals surface area contributed by atoms with Crippen molar-refractivity contribution in [1.29, 1.82) is 5.26 Å². The first-order chi connectivity index (χ1) is 11.7. The molecule has 2 heterocycles. The van der Waals surface area contributed by atoms with Gasteiger partial charge in [-0.1, -0.05) is 30.3 Å². The zero-order chi connectivity index (χ0) is 16.8. The summed E-state index contributed by atoms with van der Waals surface area (Å²) in [6, 6.07) is 15.4. The van der Waals surface area contributed by atoms with Gasteiger partial charge in [-0.25, -0.2) is 0 Å². The summed E-state index contributed by atoms with van der Waals surface area (Å²) in [7, 11) is 0. The molecule has 1 aromatic carbocycles. The van der Waals surface area contributed by atoms with Crippen LogP contribution in [0.3, 0.4) is 0 Å². The second-order valence-corrected chi connectivity index (χ2v) is 5.94. The summed E-state index contributed by atoms with van der Waals surface area (Å²) in [5.41, 5.74) is 1.54. The highest BCUT2D eigenvalue weighted by molar-refractivity contribution is 5.91. The van der Waals surface area contributed by atoms with Crippen LogP contribution < -0.4 is 5.32 Å². The number of aromatic nitrogens is 2. The number of amides is 1. The van der Waals surface area contributed by atoms with E-state index in [0.29, 0.717) is 5.82 Å². The first kappa shape index (κ1) is 16.1. The monoisotopic (exact) mass is 321 g/mol. The number of benzene rings is 1. The summed E-state index contributed by atoms with van der Waals surface area (Å²) < 4.78 is 0. The molecule has 1 saturated heterocycles. The molecular formula is C18H19N5O. The van der Waals surface area contributed by atoms with Crippen molar-refractivity contribution in [1.82, 2.24) is 15.1 Å². The minimum Gasteiger partial charge on any atom is -0.309 e. The summed E-state index contributed by atoms with van der Waals surface area (Å²) >= 11 is 0. The molecule has 2 aromatic rings. The molecule has 1 N–H and O–H groups in total. The Balaban J connectivity index is 1.48. The van der Waals surface area contributed by atoms with Crippen LogP contribution in [0.5, 0.6) is 0 Å². The zero-order valence-electron chi connectivity index (χ0n) is 13.4. The number of nitriles is 1. The highest BCUT2D eigenvalue weighted by Gasteiger charge is 2.25. The van der Waals surface area contributed by atoms with Crippen LogP contribution in [0, 0.1) is 17.2 Å². The Morgan fingerprint density at radius 1 is 1.17 bits per heavy atom. The average molecular weight is 321 g/mol. The summed E-state index contributed by atoms with van der Waals surface area (Å²) in [5.74, 6) is 0.369. The van der Waals surface area contributed by atoms with Gasteiger partial charge in [-0.05, 0) is 43.6 Å². The van der Waals surface area contributed by atoms with Crippen LogP contribution in [-0.4, -0.2) is 34.1 Å². The van der Waals surface area contributed by atoms with Crippen molar-refractivity contribution in [2.75, 3.05) is 18.4 Å². The number of anilines is 1. The van der Waals surface area contributed by atoms with Crippen LogP contribution in [-0.2, 0) is 11.3 Å². The number of hydrogen-bond donors (Lipinski definition) is 1. The number of carbonyl (C=O) groups is 1. The normalized spacial score (nSPS) is 15.6. The summed E-state index contributed by atoms with van der Waals surface area (Å²) in [6.45, 7) is 2.74. The minimum absolute atomic E-state index is 0.00512. The van der Waals surface area contributed by atoms with Gasteiger partial charge in [-0.3, -0.25) is 9.69 Å². The molecule has 1 fully saturated rings. The predicted octanol–water partition coefficient (Wildman–Crippen LogP) is 2.20. The number of likely N-dealkylation sites (tertiary alicyclic amines) is 1. The van der Waals surface area contributed by atoms with Gasteiger partial charge in [0, 0.05) is 12.5 Å². The second kappa shape index (κ2) is 7.66. The average Bonchev–Trinajstić information content (AvgIpc) is 2.64. The molecule has 1 aliphatic rings. The van der Waals surface area contributed by atoms with E-state index in [0.717, 1.165) is 32.5 Å². The molecule has 0 bridgehead atoms. The van der Waals surface area contributed by atoms with E-state index >= 15 is 0 Å². The lowest BCUT2D eigenvalue weighted by Gasteiger charge is -2.31. The van der Waals surface area contributed by atoms with Crippen LogP contribution in [0.1, 0.15) is 24.1 Å². The fourth-order valence-electron chi connectivity index (χ4n) is 2.88. The predicted molar refractivity (Wildman–Crippen MR) is 89.8 cm³/mol. The van der Waals surface area contributed by atoms with Crippen molar-refractivity contribution in [3.63, 3.8) is 0 Å². The third-order valence-electron chi connectivity index (χ3n) is 4.24. The molecule has 1 aromatic heterocycles. The fraction of sp³-hybridized carbons (Fsp3) is 0.333. The molecule has 6 heteroatoms. The van der Waals surface area contributed by atoms with Gasteiger partial charge in [-0.15, -0.1) is 10.2 Å². The van der Waals surface area contributed by atoms with E-state index in [9.17, 15) is 4.79 Å². The Morgan fingerprint density at radius 3 is 2.54 bits per heavy atom. The molecule has 24 heavy (non-hydrogen) atoms. The van der Waals surface area contributed by atoms with E-state index in [2.05, 4.69) is 32.5 Å². The lowest BCUT2D eigenvalue weighted by Crippen LogP contribution is -2.37. The van der Waals surface area contributed by atoms with Gasteiger partial charge in [0.05, 0.1) is 0 Å². The second-order valence-electron chi connectivity index (χ2n) is 5.94. The largest absolute Gasteiger partial charge is 0.309 e. The SMILES string of the molecule is N#Cc1ccc(NC(=O)C2CCN(Cc3ccccc3)CC2)nn1. The van der Waals surface area contributed by atoms with Gasteiger partial charge in [0.15, 0.2) is 11.5 Å². The van der Waals surface area contributed by atoms with Crippen LogP contribution in [0.15, 0.2) is 42.5 Å². The molecule has 0 unspecified atom stereocenters. The maximum absolute atomic E-state index is 12.3. The van der Waals surface area contributed by atoms with E-state index in [1.54, 1.807) is 12.1 Å². The first-order valence-corrected chi connectivity index (χ1v) is 8.05. The highest BCUT2D eigenvalue weighted by Crippen LogP contribution is 2.20. The molecule has 6 nitrogen and oxygen atoms in total. The molecule has 1 amide bonds. The Labute approximate surface area is 141 Å². The molecular weight excluding hydrogens is 302 g/mol. The topological polar surface area (TPSA) is 81.9 Å². The number of rotatable bonds is 4. The van der Waals surface area contributed by atoms with Crippen LogP contribution in [0.25, 0.3) is 0 Å². The van der Waals surface area contributed by atoms with Crippen molar-refractivity contribution >= 4 is 11.7 Å². The molecule has 0 aliphatic carbocycles. The van der Waals surface area contributed by atoms with Gasteiger partial charge in [0.25, 0.3) is 0 Å². The van der Waals surface area contributed by atoms with E-state index in [4.69, 9.17) is 5.26 Å². The van der Waals surface area contributed by atoms with E-state index in [1.807, 2.05) is 24.3 Å². The molecule has 1 aliphatic heterocycles. The molecule has 0 spiro atoms. The molecule has 3 rings (SSSR count). The molecule has 0 saturated carbocycles. The molecule has 0 atom stereocenters. The van der Waals surface area contributed by atoms with E-state index < -0.39 is 0 Å². The number of nitrogens with one attached hydrogen (secondary N) is 1. The number of nitrogens with zero attached hydrogens (tertiary/aromatic N) is 4. The zero-order valence-corrected chi connectivity index (χ0v) is 13.4. The van der Waals surface area contributed by atoms with Crippen molar-refractivity contribution in [3.05, 3.63) is 53.7 Å². The van der Waals surface area contributed by atoms with Crippen LogP contribution >= 0.6 is 0 Å². The van der Waals surface area contributed by atoms with Gasteiger partial charge < -0.3 is 5.32 Å². The lowest BCUT2D eigenvalue weighted by atomic mass is 9.95. The Morgan fingerprint density at radius 2 is 1.92 bits per heavy atom. The molecule has 122 valence electrons. The van der Waals surface area contributed by atoms with Gasteiger partial charge in [-0.2, -0.15) is 5.26 Å². The Bertz CT molecular complexity index is 715. The molecule has 0 radical (unpaired) electrons. The summed E-state index contributed by atoms with van der Waals surface area (Å²) in [5, 5.41) is 19.0. The first-order valence-electron chi connectivity index (χ1n) is 8.05. The summed E-state index contributed by atoms with van der Waals surface area (Å²) in [4.78, 5) is 14.7. The van der Waals surface area contributed by atoms with Gasteiger partial charge in [0.2, 0.25) is 5.91 Å². The maximum atomic E-state index is 12.3. The van der Waals surface area contributed by atoms with E-state index in [1.165, 1.54) is 5.56 Å². The van der Waals surface area contributed by atoms with Crippen LogP contribution in [0.2, 0.25) is 0 Å². The fourth-order valence-corrected chi connectivity index (χ4v) is 2.88. The van der Waals surface area contributed by atoms with Crippen molar-refractivity contribution in [2.24, 2.45) is 5.92 Å². The van der Waals surface area contributed by atoms with Crippen LogP contribution in [0.4, 0.5) is 5.82 Å². The van der Waals surface area contributed by atoms with Crippen molar-refractivity contribution < 1.29 is 4.79 Å². The number of hydrogen-bond acceptors (Lipinski definition) is 5. The van der Waals surface area contributed by atoms with Crippen molar-refractivity contribution in [2.45, 2.75) is 19.4 Å². The highest BCUT2D eigenvalue weighted by atomic mass is 16.2. The minimum atomic E-state index is -0.0200. The standard InChI is InChI=1S/C18H19N5O/c19-12-16-6-7-17(22-21-16)20-18(24)15-8-10-23(11-9-15)13-14-4-2-1-3-5-14/h1-7,15H,8-11,13H2,(H,20,22,24). The lowest BCUT2D eigenvalue weighted by molar-refractivity contribution is -0.121. The third kappa shape index (κ3) is 4.15. The van der Waals surface area contributed by atoms with Gasteiger partial charge >= 0.3 is 0 Å². The summed E-state index contributed by atoms with van der Waals surface area (Å²) in [6.07, 6.45) is 1.67. The van der Waals surface area contributed by atoms with E-state index in [-0.39, 0.29) is 17.5 Å². The van der Waals surface area contributed by atoms with Gasteiger partial charge in [0.1, 0.15) is 6.07 Å². The number of carbonyl (C=O) groups excluding carboxylic acids is 1. The Hall–Kier alpha value is -2.78. The Kier molecular flexibility index (Phi) is 5.14. The maximum Gasteiger partial charge on any atom is 0.228 e. The quantitative estimate of drug-likeness (QED) is 0.933. The smallest absolute Gasteiger partial charge is 0.228 e. The van der Waals surface area contributed by atoms with Crippen molar-refractivity contribution in [3.8, 4) is 6.07 Å². The number of piperidine rings is 1.